The maximum atomic E-state index is 13.8. The first kappa shape index (κ1) is 18.1. The first-order valence-electron chi connectivity index (χ1n) is 8.15. The van der Waals surface area contributed by atoms with E-state index < -0.39 is 17.5 Å². The van der Waals surface area contributed by atoms with E-state index in [0.717, 1.165) is 17.7 Å². The van der Waals surface area contributed by atoms with Gasteiger partial charge in [0.2, 0.25) is 0 Å². The number of hydrogen-bond acceptors (Lipinski definition) is 1. The number of hydrogen-bond donors (Lipinski definition) is 1. The third kappa shape index (κ3) is 4.19. The van der Waals surface area contributed by atoms with Crippen molar-refractivity contribution < 1.29 is 13.6 Å². The second-order valence-corrected chi connectivity index (χ2v) is 6.64. The first-order chi connectivity index (χ1) is 11.3. The van der Waals surface area contributed by atoms with E-state index in [9.17, 15) is 13.6 Å². The van der Waals surface area contributed by atoms with E-state index in [1.807, 2.05) is 38.1 Å². The molecular formula is C20H23F2NO. The minimum atomic E-state index is -0.856. The molecule has 0 heterocycles. The van der Waals surface area contributed by atoms with Crippen LogP contribution in [0.2, 0.25) is 0 Å². The largest absolute Gasteiger partial charge is 0.345 e. The lowest BCUT2D eigenvalue weighted by Crippen LogP contribution is -2.32. The van der Waals surface area contributed by atoms with Crippen LogP contribution < -0.4 is 5.32 Å². The van der Waals surface area contributed by atoms with E-state index in [0.29, 0.717) is 5.92 Å². The van der Waals surface area contributed by atoms with Crippen LogP contribution >= 0.6 is 0 Å². The second-order valence-electron chi connectivity index (χ2n) is 6.64. The Kier molecular flexibility index (Phi) is 5.71. The Labute approximate surface area is 141 Å². The van der Waals surface area contributed by atoms with Crippen molar-refractivity contribution in [2.75, 3.05) is 0 Å². The highest BCUT2D eigenvalue weighted by atomic mass is 19.1. The standard InChI is InChI=1S/C20H23F2NO/c1-12(2)14-5-7-15(8-6-14)19(13(3)4)23-20(24)17-10-9-16(21)11-18(17)22/h5-13,19H,1-4H3,(H,23,24)/t19-/m0/s1. The van der Waals surface area contributed by atoms with Crippen LogP contribution in [-0.4, -0.2) is 5.91 Å². The zero-order valence-electron chi connectivity index (χ0n) is 14.4. The number of halogens is 2. The number of carbonyl (C=O) groups is 1. The Balaban J connectivity index is 2.23. The molecule has 0 radical (unpaired) electrons. The third-order valence-electron chi connectivity index (χ3n) is 4.09. The minimum Gasteiger partial charge on any atom is -0.345 e. The monoisotopic (exact) mass is 331 g/mol. The van der Waals surface area contributed by atoms with Crippen LogP contribution in [-0.2, 0) is 0 Å². The Morgan fingerprint density at radius 3 is 2.00 bits per heavy atom. The van der Waals surface area contributed by atoms with Gasteiger partial charge < -0.3 is 5.32 Å². The molecule has 2 aromatic carbocycles. The smallest absolute Gasteiger partial charge is 0.254 e. The molecule has 0 aliphatic rings. The van der Waals surface area contributed by atoms with Crippen molar-refractivity contribution >= 4 is 5.91 Å². The van der Waals surface area contributed by atoms with E-state index in [4.69, 9.17) is 0 Å². The summed E-state index contributed by atoms with van der Waals surface area (Å²) >= 11 is 0. The predicted octanol–water partition coefficient (Wildman–Crippen LogP) is 5.22. The van der Waals surface area contributed by atoms with Gasteiger partial charge in [-0.2, -0.15) is 0 Å². The van der Waals surface area contributed by atoms with Gasteiger partial charge in [0.05, 0.1) is 11.6 Å². The maximum absolute atomic E-state index is 13.8. The van der Waals surface area contributed by atoms with E-state index in [2.05, 4.69) is 19.2 Å². The summed E-state index contributed by atoms with van der Waals surface area (Å²) in [5.74, 6) is -1.54. The third-order valence-corrected chi connectivity index (χ3v) is 4.09. The van der Waals surface area contributed by atoms with Gasteiger partial charge in [-0.1, -0.05) is 52.0 Å². The van der Waals surface area contributed by atoms with E-state index in [-0.39, 0.29) is 17.5 Å². The number of nitrogens with one attached hydrogen (secondary N) is 1. The Morgan fingerprint density at radius 1 is 0.917 bits per heavy atom. The van der Waals surface area contributed by atoms with Crippen LogP contribution in [0.4, 0.5) is 8.78 Å². The maximum Gasteiger partial charge on any atom is 0.254 e. The predicted molar refractivity (Wildman–Crippen MR) is 91.9 cm³/mol. The van der Waals surface area contributed by atoms with Gasteiger partial charge in [0.1, 0.15) is 11.6 Å². The van der Waals surface area contributed by atoms with Crippen LogP contribution in [0, 0.1) is 17.6 Å². The summed E-state index contributed by atoms with van der Waals surface area (Å²) in [5.41, 5.74) is 2.03. The van der Waals surface area contributed by atoms with Crippen LogP contribution in [0.5, 0.6) is 0 Å². The molecule has 0 saturated carbocycles. The van der Waals surface area contributed by atoms with Crippen molar-refractivity contribution in [2.24, 2.45) is 5.92 Å². The quantitative estimate of drug-likeness (QED) is 0.800. The average Bonchev–Trinajstić information content (AvgIpc) is 2.52. The van der Waals surface area contributed by atoms with Gasteiger partial charge in [0, 0.05) is 6.07 Å². The summed E-state index contributed by atoms with van der Waals surface area (Å²) in [6, 6.07) is 10.8. The highest BCUT2D eigenvalue weighted by Crippen LogP contribution is 2.25. The van der Waals surface area contributed by atoms with Crippen molar-refractivity contribution in [3.63, 3.8) is 0 Å². The van der Waals surface area contributed by atoms with Gasteiger partial charge >= 0.3 is 0 Å². The van der Waals surface area contributed by atoms with Gasteiger partial charge in [0.25, 0.3) is 5.91 Å². The zero-order chi connectivity index (χ0) is 17.9. The highest BCUT2D eigenvalue weighted by Gasteiger charge is 2.21. The summed E-state index contributed by atoms with van der Waals surface area (Å²) in [4.78, 5) is 12.4. The van der Waals surface area contributed by atoms with Crippen molar-refractivity contribution in [1.29, 1.82) is 0 Å². The summed E-state index contributed by atoms with van der Waals surface area (Å²) in [7, 11) is 0. The van der Waals surface area contributed by atoms with Gasteiger partial charge in [-0.3, -0.25) is 4.79 Å². The molecule has 0 aliphatic carbocycles. The molecule has 2 aromatic rings. The van der Waals surface area contributed by atoms with Crippen LogP contribution in [0.25, 0.3) is 0 Å². The number of benzene rings is 2. The minimum absolute atomic E-state index is 0.127. The number of rotatable bonds is 5. The molecule has 1 N–H and O–H groups in total. The molecule has 1 atom stereocenters. The molecule has 0 bridgehead atoms. The molecular weight excluding hydrogens is 308 g/mol. The van der Waals surface area contributed by atoms with Crippen molar-refractivity contribution in [3.05, 3.63) is 70.8 Å². The molecule has 0 saturated heterocycles. The average molecular weight is 331 g/mol. The van der Waals surface area contributed by atoms with Gasteiger partial charge in [-0.05, 0) is 35.1 Å². The fraction of sp³-hybridized carbons (Fsp3) is 0.350. The van der Waals surface area contributed by atoms with Crippen molar-refractivity contribution in [2.45, 2.75) is 39.7 Å². The first-order valence-corrected chi connectivity index (χ1v) is 8.15. The van der Waals surface area contributed by atoms with Gasteiger partial charge in [-0.25, -0.2) is 8.78 Å². The van der Waals surface area contributed by atoms with Crippen molar-refractivity contribution in [1.82, 2.24) is 5.32 Å². The molecule has 0 unspecified atom stereocenters. The van der Waals surface area contributed by atoms with Crippen LogP contribution in [0.3, 0.4) is 0 Å². The normalized spacial score (nSPS) is 12.5. The number of amides is 1. The number of carbonyl (C=O) groups excluding carboxylic acids is 1. The fourth-order valence-corrected chi connectivity index (χ4v) is 2.62. The molecule has 0 fully saturated rings. The second kappa shape index (κ2) is 7.56. The van der Waals surface area contributed by atoms with E-state index in [1.54, 1.807) is 0 Å². The lowest BCUT2D eigenvalue weighted by molar-refractivity contribution is 0.0921. The van der Waals surface area contributed by atoms with Crippen LogP contribution in [0.1, 0.15) is 61.1 Å². The lowest BCUT2D eigenvalue weighted by Gasteiger charge is -2.23. The molecule has 0 aliphatic heterocycles. The zero-order valence-corrected chi connectivity index (χ0v) is 14.4. The summed E-state index contributed by atoms with van der Waals surface area (Å²) < 4.78 is 26.8. The SMILES string of the molecule is CC(C)c1ccc([C@@H](NC(=O)c2ccc(F)cc2F)C(C)C)cc1. The molecule has 24 heavy (non-hydrogen) atoms. The molecule has 0 spiro atoms. The van der Waals surface area contributed by atoms with E-state index in [1.165, 1.54) is 11.6 Å². The van der Waals surface area contributed by atoms with Crippen LogP contribution in [0.15, 0.2) is 42.5 Å². The summed E-state index contributed by atoms with van der Waals surface area (Å²) in [6.45, 7) is 8.21. The molecule has 0 aromatic heterocycles. The topological polar surface area (TPSA) is 29.1 Å². The summed E-state index contributed by atoms with van der Waals surface area (Å²) in [6.07, 6.45) is 0. The van der Waals surface area contributed by atoms with Crippen molar-refractivity contribution in [3.8, 4) is 0 Å². The highest BCUT2D eigenvalue weighted by molar-refractivity contribution is 5.94. The molecule has 1 amide bonds. The molecule has 128 valence electrons. The molecule has 4 heteroatoms. The fourth-order valence-electron chi connectivity index (χ4n) is 2.62. The van der Waals surface area contributed by atoms with Gasteiger partial charge in [-0.15, -0.1) is 0 Å². The lowest BCUT2D eigenvalue weighted by atomic mass is 9.93. The Bertz CT molecular complexity index is 708. The van der Waals surface area contributed by atoms with Gasteiger partial charge in [0.15, 0.2) is 0 Å². The Morgan fingerprint density at radius 2 is 1.50 bits per heavy atom. The summed E-state index contributed by atoms with van der Waals surface area (Å²) in [5, 5.41) is 2.86. The molecule has 2 nitrogen and oxygen atoms in total. The van der Waals surface area contributed by atoms with E-state index >= 15 is 0 Å². The Hall–Kier alpha value is -2.23. The molecule has 2 rings (SSSR count).